The fourth-order valence-corrected chi connectivity index (χ4v) is 2.03. The zero-order valence-corrected chi connectivity index (χ0v) is 10.8. The van der Waals surface area contributed by atoms with E-state index in [9.17, 15) is 0 Å². The summed E-state index contributed by atoms with van der Waals surface area (Å²) in [6, 6.07) is 2.22. The first-order chi connectivity index (χ1) is 7.54. The summed E-state index contributed by atoms with van der Waals surface area (Å²) >= 11 is 0. The number of nitriles is 1. The number of rotatable bonds is 5. The Morgan fingerprint density at radius 2 is 2.25 bits per heavy atom. The van der Waals surface area contributed by atoms with E-state index >= 15 is 0 Å². The van der Waals surface area contributed by atoms with Crippen LogP contribution in [0.2, 0.25) is 0 Å². The molecule has 0 unspecified atom stereocenters. The SMILES string of the molecule is CCCC[C@H](C)C(C)(C)C1=C(C#N)CNO1. The van der Waals surface area contributed by atoms with Crippen molar-refractivity contribution in [3.8, 4) is 6.07 Å². The van der Waals surface area contributed by atoms with Crippen LogP contribution in [-0.4, -0.2) is 6.54 Å². The molecule has 3 heteroatoms. The van der Waals surface area contributed by atoms with Crippen LogP contribution in [0.3, 0.4) is 0 Å². The summed E-state index contributed by atoms with van der Waals surface area (Å²) in [6.45, 7) is 9.29. The number of hydroxylamine groups is 1. The lowest BCUT2D eigenvalue weighted by Gasteiger charge is -2.32. The van der Waals surface area contributed by atoms with Crippen molar-refractivity contribution in [3.63, 3.8) is 0 Å². The number of nitrogens with zero attached hydrogens (tertiary/aromatic N) is 1. The normalized spacial score (nSPS) is 18.2. The third-order valence-electron chi connectivity index (χ3n) is 3.64. The summed E-state index contributed by atoms with van der Waals surface area (Å²) < 4.78 is 0. The monoisotopic (exact) mass is 222 g/mol. The summed E-state index contributed by atoms with van der Waals surface area (Å²) in [6.07, 6.45) is 3.62. The molecule has 1 aliphatic rings. The Morgan fingerprint density at radius 1 is 1.56 bits per heavy atom. The van der Waals surface area contributed by atoms with Crippen LogP contribution in [0.4, 0.5) is 0 Å². The minimum Gasteiger partial charge on any atom is -0.411 e. The summed E-state index contributed by atoms with van der Waals surface area (Å²) in [5.41, 5.74) is 3.47. The van der Waals surface area contributed by atoms with Crippen LogP contribution in [0.15, 0.2) is 11.3 Å². The Balaban J connectivity index is 2.80. The Labute approximate surface area is 98.4 Å². The van der Waals surface area contributed by atoms with Crippen LogP contribution in [0.5, 0.6) is 0 Å². The summed E-state index contributed by atoms with van der Waals surface area (Å²) in [5, 5.41) is 9.03. The molecule has 0 saturated carbocycles. The minimum absolute atomic E-state index is 0.0657. The van der Waals surface area contributed by atoms with Crippen molar-refractivity contribution in [1.82, 2.24) is 5.48 Å². The summed E-state index contributed by atoms with van der Waals surface area (Å²) in [5.74, 6) is 1.35. The Morgan fingerprint density at radius 3 is 2.81 bits per heavy atom. The van der Waals surface area contributed by atoms with E-state index in [0.717, 1.165) is 11.3 Å². The molecule has 1 aliphatic heterocycles. The molecule has 0 saturated heterocycles. The van der Waals surface area contributed by atoms with E-state index in [1.165, 1.54) is 19.3 Å². The molecule has 0 fully saturated rings. The average Bonchev–Trinajstić information content (AvgIpc) is 2.74. The van der Waals surface area contributed by atoms with E-state index < -0.39 is 0 Å². The van der Waals surface area contributed by atoms with Gasteiger partial charge in [-0.2, -0.15) is 10.7 Å². The molecule has 90 valence electrons. The molecule has 3 nitrogen and oxygen atoms in total. The van der Waals surface area contributed by atoms with Gasteiger partial charge in [0.15, 0.2) is 0 Å². The van der Waals surface area contributed by atoms with Crippen LogP contribution in [0.1, 0.15) is 47.0 Å². The van der Waals surface area contributed by atoms with Gasteiger partial charge in [-0.05, 0) is 12.3 Å². The molecular weight excluding hydrogens is 200 g/mol. The maximum Gasteiger partial charge on any atom is 0.145 e. The Bertz CT molecular complexity index is 312. The van der Waals surface area contributed by atoms with Crippen molar-refractivity contribution in [2.24, 2.45) is 11.3 Å². The van der Waals surface area contributed by atoms with Crippen molar-refractivity contribution in [2.45, 2.75) is 47.0 Å². The second kappa shape index (κ2) is 5.36. The van der Waals surface area contributed by atoms with Crippen LogP contribution < -0.4 is 5.48 Å². The van der Waals surface area contributed by atoms with Crippen molar-refractivity contribution in [1.29, 1.82) is 5.26 Å². The number of hydrogen-bond donors (Lipinski definition) is 1. The summed E-state index contributed by atoms with van der Waals surface area (Å²) in [4.78, 5) is 5.43. The lowest BCUT2D eigenvalue weighted by molar-refractivity contribution is 0.0661. The van der Waals surface area contributed by atoms with Crippen molar-refractivity contribution in [3.05, 3.63) is 11.3 Å². The van der Waals surface area contributed by atoms with E-state index in [1.807, 2.05) is 0 Å². The van der Waals surface area contributed by atoms with Gasteiger partial charge in [0, 0.05) is 5.41 Å². The maximum atomic E-state index is 9.03. The molecule has 1 atom stereocenters. The molecule has 0 radical (unpaired) electrons. The average molecular weight is 222 g/mol. The van der Waals surface area contributed by atoms with E-state index in [2.05, 4.69) is 39.2 Å². The van der Waals surface area contributed by atoms with Gasteiger partial charge in [0.25, 0.3) is 0 Å². The Hall–Kier alpha value is -1.01. The molecule has 1 heterocycles. The first kappa shape index (κ1) is 13.1. The van der Waals surface area contributed by atoms with Gasteiger partial charge in [-0.1, -0.05) is 40.5 Å². The van der Waals surface area contributed by atoms with Gasteiger partial charge in [0.2, 0.25) is 0 Å². The molecule has 1 rings (SSSR count). The van der Waals surface area contributed by atoms with E-state index in [1.54, 1.807) is 0 Å². The molecule has 0 aromatic carbocycles. The molecule has 0 aliphatic carbocycles. The molecule has 0 aromatic heterocycles. The van der Waals surface area contributed by atoms with Gasteiger partial charge >= 0.3 is 0 Å². The molecule has 0 spiro atoms. The quantitative estimate of drug-likeness (QED) is 0.777. The standard InChI is InChI=1S/C13H22N2O/c1-5-6-7-10(2)13(3,4)12-11(8-14)9-15-16-12/h10,15H,5-7,9H2,1-4H3/t10-/m0/s1. The van der Waals surface area contributed by atoms with Crippen LogP contribution >= 0.6 is 0 Å². The molecule has 0 aromatic rings. The van der Waals surface area contributed by atoms with Crippen LogP contribution in [-0.2, 0) is 4.84 Å². The Kier molecular flexibility index (Phi) is 4.37. The lowest BCUT2D eigenvalue weighted by Crippen LogP contribution is -2.26. The predicted molar refractivity (Wildman–Crippen MR) is 64.2 cm³/mol. The highest BCUT2D eigenvalue weighted by Gasteiger charge is 2.36. The van der Waals surface area contributed by atoms with Gasteiger partial charge < -0.3 is 4.84 Å². The second-order valence-electron chi connectivity index (χ2n) is 5.11. The molecule has 0 bridgehead atoms. The zero-order chi connectivity index (χ0) is 12.2. The molecule has 16 heavy (non-hydrogen) atoms. The zero-order valence-electron chi connectivity index (χ0n) is 10.8. The number of hydrogen-bond acceptors (Lipinski definition) is 3. The molecular formula is C13H22N2O. The van der Waals surface area contributed by atoms with Gasteiger partial charge in [-0.25, -0.2) is 0 Å². The smallest absolute Gasteiger partial charge is 0.145 e. The lowest BCUT2D eigenvalue weighted by atomic mass is 9.75. The van der Waals surface area contributed by atoms with Gasteiger partial charge in [-0.15, -0.1) is 0 Å². The topological polar surface area (TPSA) is 45.0 Å². The molecule has 1 N–H and O–H groups in total. The fourth-order valence-electron chi connectivity index (χ4n) is 2.03. The largest absolute Gasteiger partial charge is 0.411 e. The minimum atomic E-state index is -0.0657. The van der Waals surface area contributed by atoms with E-state index in [4.69, 9.17) is 10.1 Å². The number of allylic oxidation sites excluding steroid dienone is 1. The van der Waals surface area contributed by atoms with Gasteiger partial charge in [0.05, 0.1) is 18.2 Å². The van der Waals surface area contributed by atoms with E-state index in [-0.39, 0.29) is 5.41 Å². The van der Waals surface area contributed by atoms with Crippen molar-refractivity contribution in [2.75, 3.05) is 6.54 Å². The van der Waals surface area contributed by atoms with E-state index in [0.29, 0.717) is 12.5 Å². The van der Waals surface area contributed by atoms with Gasteiger partial charge in [-0.3, -0.25) is 0 Å². The van der Waals surface area contributed by atoms with Crippen molar-refractivity contribution >= 4 is 0 Å². The number of nitrogens with one attached hydrogen (secondary N) is 1. The highest BCUT2D eigenvalue weighted by atomic mass is 16.7. The first-order valence-corrected chi connectivity index (χ1v) is 6.07. The summed E-state index contributed by atoms with van der Waals surface area (Å²) in [7, 11) is 0. The van der Waals surface area contributed by atoms with Crippen LogP contribution in [0.25, 0.3) is 0 Å². The number of unbranched alkanes of at least 4 members (excludes halogenated alkanes) is 1. The predicted octanol–water partition coefficient (Wildman–Crippen LogP) is 3.15. The second-order valence-corrected chi connectivity index (χ2v) is 5.11. The third kappa shape index (κ3) is 2.56. The third-order valence-corrected chi connectivity index (χ3v) is 3.64. The highest BCUT2D eigenvalue weighted by Crippen LogP contribution is 2.40. The van der Waals surface area contributed by atoms with Crippen molar-refractivity contribution < 1.29 is 4.84 Å². The first-order valence-electron chi connectivity index (χ1n) is 6.07. The van der Waals surface area contributed by atoms with Crippen LogP contribution in [0, 0.1) is 22.7 Å². The maximum absolute atomic E-state index is 9.03. The van der Waals surface area contributed by atoms with Gasteiger partial charge in [0.1, 0.15) is 5.76 Å². The molecule has 0 amide bonds. The highest BCUT2D eigenvalue weighted by molar-refractivity contribution is 5.31. The fraction of sp³-hybridized carbons (Fsp3) is 0.769.